The van der Waals surface area contributed by atoms with Gasteiger partial charge in [-0.3, -0.25) is 4.79 Å². The number of anilines is 1. The van der Waals surface area contributed by atoms with Gasteiger partial charge in [0.15, 0.2) is 0 Å². The zero-order chi connectivity index (χ0) is 13.2. The zero-order valence-electron chi connectivity index (χ0n) is 10.8. The Bertz CT molecular complexity index is 428. The Morgan fingerprint density at radius 2 is 2.06 bits per heavy atom. The number of amides is 1. The van der Waals surface area contributed by atoms with E-state index in [9.17, 15) is 4.79 Å². The van der Waals surface area contributed by atoms with Crippen LogP contribution in [0.4, 0.5) is 5.69 Å². The van der Waals surface area contributed by atoms with E-state index in [0.717, 1.165) is 29.5 Å². The Morgan fingerprint density at radius 1 is 1.39 bits per heavy atom. The molecule has 18 heavy (non-hydrogen) atoms. The Hall–Kier alpha value is -0.870. The molecule has 98 valence electrons. The summed E-state index contributed by atoms with van der Waals surface area (Å²) in [6.07, 6.45) is 2.22. The Labute approximate surface area is 116 Å². The molecular formula is C14H19BrN2O. The normalized spacial score (nSPS) is 22.5. The van der Waals surface area contributed by atoms with E-state index in [4.69, 9.17) is 0 Å². The van der Waals surface area contributed by atoms with E-state index in [2.05, 4.69) is 40.4 Å². The van der Waals surface area contributed by atoms with Crippen LogP contribution in [0, 0.1) is 5.41 Å². The summed E-state index contributed by atoms with van der Waals surface area (Å²) in [5.74, 6) is 0.0574. The maximum absolute atomic E-state index is 12.3. The van der Waals surface area contributed by atoms with Gasteiger partial charge < -0.3 is 10.6 Å². The third-order valence-corrected chi connectivity index (χ3v) is 4.03. The second-order valence-electron chi connectivity index (χ2n) is 5.48. The highest BCUT2D eigenvalue weighted by atomic mass is 79.9. The van der Waals surface area contributed by atoms with E-state index in [1.807, 2.05) is 24.3 Å². The van der Waals surface area contributed by atoms with Gasteiger partial charge in [0.1, 0.15) is 0 Å². The van der Waals surface area contributed by atoms with Gasteiger partial charge in [-0.25, -0.2) is 0 Å². The van der Waals surface area contributed by atoms with Crippen molar-refractivity contribution in [3.63, 3.8) is 0 Å². The second-order valence-corrected chi connectivity index (χ2v) is 6.39. The van der Waals surface area contributed by atoms with Crippen molar-refractivity contribution in [2.24, 2.45) is 5.41 Å². The van der Waals surface area contributed by atoms with Crippen molar-refractivity contribution >= 4 is 27.5 Å². The summed E-state index contributed by atoms with van der Waals surface area (Å²) in [5, 5.41) is 6.29. The molecule has 0 spiro atoms. The lowest BCUT2D eigenvalue weighted by Crippen LogP contribution is -2.53. The van der Waals surface area contributed by atoms with E-state index in [1.165, 1.54) is 0 Å². The van der Waals surface area contributed by atoms with Gasteiger partial charge in [0.2, 0.25) is 5.91 Å². The average molecular weight is 311 g/mol. The molecule has 0 aromatic heterocycles. The van der Waals surface area contributed by atoms with Gasteiger partial charge in [0.05, 0.1) is 6.04 Å². The predicted octanol–water partition coefficient (Wildman–Crippen LogP) is 3.17. The number of carbonyl (C=O) groups excluding carboxylic acids is 1. The Kier molecular flexibility index (Phi) is 4.07. The smallest absolute Gasteiger partial charge is 0.242 e. The van der Waals surface area contributed by atoms with Crippen LogP contribution in [-0.4, -0.2) is 18.5 Å². The molecule has 1 heterocycles. The number of hydrogen-bond donors (Lipinski definition) is 2. The number of carbonyl (C=O) groups is 1. The summed E-state index contributed by atoms with van der Waals surface area (Å²) in [6.45, 7) is 5.21. The molecule has 1 amide bonds. The Morgan fingerprint density at radius 3 is 2.67 bits per heavy atom. The molecule has 1 atom stereocenters. The first kappa shape index (κ1) is 13.6. The predicted molar refractivity (Wildman–Crippen MR) is 77.6 cm³/mol. The van der Waals surface area contributed by atoms with Crippen molar-refractivity contribution in [2.45, 2.75) is 32.7 Å². The molecule has 0 bridgehead atoms. The van der Waals surface area contributed by atoms with Crippen LogP contribution in [-0.2, 0) is 4.79 Å². The number of nitrogens with one attached hydrogen (secondary N) is 2. The lowest BCUT2D eigenvalue weighted by molar-refractivity contribution is -0.121. The second kappa shape index (κ2) is 5.41. The molecular weight excluding hydrogens is 292 g/mol. The Balaban J connectivity index is 2.05. The van der Waals surface area contributed by atoms with Gasteiger partial charge in [-0.1, -0.05) is 29.8 Å². The standard InChI is InChI=1S/C14H19BrN2O/c1-14(2)8-3-9-16-12(14)13(18)17-11-6-4-10(15)5-7-11/h4-7,12,16H,3,8-9H2,1-2H3,(H,17,18). The van der Waals surface area contributed by atoms with Crippen LogP contribution in [0.3, 0.4) is 0 Å². The van der Waals surface area contributed by atoms with Crippen molar-refractivity contribution < 1.29 is 4.79 Å². The van der Waals surface area contributed by atoms with Gasteiger partial charge >= 0.3 is 0 Å². The topological polar surface area (TPSA) is 41.1 Å². The van der Waals surface area contributed by atoms with Gasteiger partial charge in [-0.2, -0.15) is 0 Å². The molecule has 0 saturated carbocycles. The minimum atomic E-state index is -0.116. The molecule has 1 aromatic rings. The summed E-state index contributed by atoms with van der Waals surface area (Å²) >= 11 is 3.38. The number of rotatable bonds is 2. The molecule has 1 aliphatic heterocycles. The van der Waals surface area contributed by atoms with Gasteiger partial charge in [0.25, 0.3) is 0 Å². The molecule has 4 heteroatoms. The minimum absolute atomic E-state index is 0.0116. The van der Waals surface area contributed by atoms with Crippen molar-refractivity contribution in [2.75, 3.05) is 11.9 Å². The first-order chi connectivity index (χ1) is 8.49. The molecule has 1 fully saturated rings. The molecule has 1 saturated heterocycles. The summed E-state index contributed by atoms with van der Waals surface area (Å²) < 4.78 is 1.01. The van der Waals surface area contributed by atoms with E-state index in [1.54, 1.807) is 0 Å². The first-order valence-electron chi connectivity index (χ1n) is 6.29. The molecule has 1 unspecified atom stereocenters. The summed E-state index contributed by atoms with van der Waals surface area (Å²) in [5.41, 5.74) is 0.851. The van der Waals surface area contributed by atoms with Crippen molar-refractivity contribution in [1.29, 1.82) is 0 Å². The minimum Gasteiger partial charge on any atom is -0.325 e. The largest absolute Gasteiger partial charge is 0.325 e. The molecule has 0 radical (unpaired) electrons. The molecule has 1 aromatic carbocycles. The fraction of sp³-hybridized carbons (Fsp3) is 0.500. The van der Waals surface area contributed by atoms with E-state index < -0.39 is 0 Å². The molecule has 0 aliphatic carbocycles. The van der Waals surface area contributed by atoms with Crippen molar-refractivity contribution in [3.8, 4) is 0 Å². The van der Waals surface area contributed by atoms with Crippen molar-refractivity contribution in [3.05, 3.63) is 28.7 Å². The maximum Gasteiger partial charge on any atom is 0.242 e. The van der Waals surface area contributed by atoms with Gasteiger partial charge in [-0.05, 0) is 49.1 Å². The SMILES string of the molecule is CC1(C)CCCNC1C(=O)Nc1ccc(Br)cc1. The van der Waals surface area contributed by atoms with Crippen LogP contribution < -0.4 is 10.6 Å². The van der Waals surface area contributed by atoms with Crippen molar-refractivity contribution in [1.82, 2.24) is 5.32 Å². The summed E-state index contributed by atoms with van der Waals surface area (Å²) in [6, 6.07) is 7.54. The lowest BCUT2D eigenvalue weighted by atomic mass is 9.77. The average Bonchev–Trinajstić information content (AvgIpc) is 2.31. The van der Waals surface area contributed by atoms with Crippen LogP contribution in [0.25, 0.3) is 0 Å². The highest BCUT2D eigenvalue weighted by Gasteiger charge is 2.36. The van der Waals surface area contributed by atoms with Crippen LogP contribution in [0.15, 0.2) is 28.7 Å². The summed E-state index contributed by atoms with van der Waals surface area (Å²) in [4.78, 5) is 12.3. The third-order valence-electron chi connectivity index (χ3n) is 3.50. The number of benzene rings is 1. The zero-order valence-corrected chi connectivity index (χ0v) is 12.4. The van der Waals surface area contributed by atoms with E-state index >= 15 is 0 Å². The fourth-order valence-corrected chi connectivity index (χ4v) is 2.67. The van der Waals surface area contributed by atoms with E-state index in [0.29, 0.717) is 0 Å². The number of hydrogen-bond acceptors (Lipinski definition) is 2. The van der Waals surface area contributed by atoms with Crippen LogP contribution >= 0.6 is 15.9 Å². The molecule has 2 rings (SSSR count). The number of halogens is 1. The fourth-order valence-electron chi connectivity index (χ4n) is 2.41. The number of piperidine rings is 1. The van der Waals surface area contributed by atoms with Crippen LogP contribution in [0.2, 0.25) is 0 Å². The molecule has 2 N–H and O–H groups in total. The quantitative estimate of drug-likeness (QED) is 0.881. The van der Waals surface area contributed by atoms with E-state index in [-0.39, 0.29) is 17.4 Å². The molecule has 1 aliphatic rings. The monoisotopic (exact) mass is 310 g/mol. The molecule has 3 nitrogen and oxygen atoms in total. The van der Waals surface area contributed by atoms with Gasteiger partial charge in [-0.15, -0.1) is 0 Å². The van der Waals surface area contributed by atoms with Crippen LogP contribution in [0.5, 0.6) is 0 Å². The third kappa shape index (κ3) is 3.12. The van der Waals surface area contributed by atoms with Gasteiger partial charge in [0, 0.05) is 10.2 Å². The maximum atomic E-state index is 12.3. The summed E-state index contributed by atoms with van der Waals surface area (Å²) in [7, 11) is 0. The first-order valence-corrected chi connectivity index (χ1v) is 7.08. The lowest BCUT2D eigenvalue weighted by Gasteiger charge is -2.38. The van der Waals surface area contributed by atoms with Crippen LogP contribution in [0.1, 0.15) is 26.7 Å². The highest BCUT2D eigenvalue weighted by molar-refractivity contribution is 9.10. The highest BCUT2D eigenvalue weighted by Crippen LogP contribution is 2.30.